The second-order valence-corrected chi connectivity index (χ2v) is 19.7. The Labute approximate surface area is 409 Å². The topological polar surface area (TPSA) is 234 Å². The normalized spacial score (nSPS) is 17.2. The number of nitrogens with zero attached hydrogens (tertiary/aromatic N) is 8. The summed E-state index contributed by atoms with van der Waals surface area (Å²) in [5.41, 5.74) is 3.48. The number of nitrogens with one attached hydrogen (secondary N) is 2. The van der Waals surface area contributed by atoms with Gasteiger partial charge in [0.25, 0.3) is 11.8 Å². The maximum atomic E-state index is 13.1. The molecule has 3 fully saturated rings. The summed E-state index contributed by atoms with van der Waals surface area (Å²) in [6, 6.07) is 10.5. The van der Waals surface area contributed by atoms with Gasteiger partial charge in [0.05, 0.1) is 18.3 Å². The number of piperidine rings is 1. The zero-order valence-electron chi connectivity index (χ0n) is 39.6. The Hall–Kier alpha value is -6.83. The Morgan fingerprint density at radius 3 is 2.14 bits per heavy atom. The fraction of sp³-hybridized carbons (Fsp3) is 0.480. The Balaban J connectivity index is 0.699. The van der Waals surface area contributed by atoms with Crippen molar-refractivity contribution in [2.24, 2.45) is 0 Å². The molecule has 3 aromatic heterocycles. The Bertz CT molecular complexity index is 2710. The van der Waals surface area contributed by atoms with Crippen molar-refractivity contribution in [2.75, 3.05) is 56.2 Å². The van der Waals surface area contributed by atoms with Crippen molar-refractivity contribution >= 4 is 92.9 Å². The highest BCUT2D eigenvalue weighted by Gasteiger charge is 2.40. The van der Waals surface area contributed by atoms with Gasteiger partial charge in [0, 0.05) is 132 Å². The number of hydrogen-bond acceptors (Lipinski definition) is 15. The minimum Gasteiger partial charge on any atom is -0.367 e. The second-order valence-electron chi connectivity index (χ2n) is 18.5. The first-order chi connectivity index (χ1) is 33.7. The van der Waals surface area contributed by atoms with E-state index >= 15 is 0 Å². The van der Waals surface area contributed by atoms with Gasteiger partial charge < -0.3 is 29.5 Å². The third-order valence-corrected chi connectivity index (χ3v) is 14.6. The molecule has 19 nitrogen and oxygen atoms in total. The molecule has 0 spiro atoms. The van der Waals surface area contributed by atoms with E-state index in [1.54, 1.807) is 48.4 Å². The molecule has 2 N–H and O–H groups in total. The van der Waals surface area contributed by atoms with E-state index < -0.39 is 11.9 Å². The van der Waals surface area contributed by atoms with Gasteiger partial charge >= 0.3 is 0 Å². The number of carbonyl (C=O) groups is 9. The summed E-state index contributed by atoms with van der Waals surface area (Å²) in [5.74, 6) is -0.989. The monoisotopic (exact) mass is 974 g/mol. The van der Waals surface area contributed by atoms with Crippen molar-refractivity contribution < 1.29 is 43.2 Å². The molecule has 8 rings (SSSR count). The number of piperazine rings is 1. The Morgan fingerprint density at radius 1 is 0.800 bits per heavy atom. The molecule has 20 heteroatoms. The third kappa shape index (κ3) is 11.8. The van der Waals surface area contributed by atoms with Crippen LogP contribution in [0.4, 0.5) is 17.5 Å². The van der Waals surface area contributed by atoms with Crippen LogP contribution in [0.15, 0.2) is 53.7 Å². The second kappa shape index (κ2) is 22.3. The molecule has 368 valence electrons. The van der Waals surface area contributed by atoms with Gasteiger partial charge in [0.2, 0.25) is 23.7 Å². The molecule has 0 bridgehead atoms. The molecular formula is C50H58N10O9S. The van der Waals surface area contributed by atoms with Gasteiger partial charge in [-0.1, -0.05) is 18.9 Å². The van der Waals surface area contributed by atoms with Crippen molar-refractivity contribution in [3.63, 3.8) is 0 Å². The summed E-state index contributed by atoms with van der Waals surface area (Å²) in [7, 11) is 3.49. The van der Waals surface area contributed by atoms with Crippen LogP contribution in [0.25, 0.3) is 11.0 Å². The summed E-state index contributed by atoms with van der Waals surface area (Å²) in [5, 5.41) is 6.30. The number of ketones is 4. The molecule has 1 saturated carbocycles. The minimum atomic E-state index is -0.714. The Kier molecular flexibility index (Phi) is 15.8. The molecular weight excluding hydrogens is 917 g/mol. The zero-order chi connectivity index (χ0) is 49.5. The molecule has 3 aliphatic heterocycles. The molecule has 2 saturated heterocycles. The fourth-order valence-corrected chi connectivity index (χ4v) is 10.6. The lowest BCUT2D eigenvalue weighted by Crippen LogP contribution is -2.52. The fourth-order valence-electron chi connectivity index (χ4n) is 9.52. The molecule has 4 aliphatic rings. The zero-order valence-corrected chi connectivity index (χ0v) is 40.4. The highest BCUT2D eigenvalue weighted by atomic mass is 32.2. The standard InChI is InChI=1S/C50H58N10O9S/c1-56(2)49(69)41-26-31-28-52-50(55-46(31)60(41)32-6-3-4-7-32)53-43-18-10-33(29-51-43)57-21-23-58(24-22-57)45(66)27-37(64)16-15-35(62)12-11-34(61)13-14-36(63)20-25-70-42-9-5-8-38-39(42)30-59(48(38)68)40-17-19-44(65)54-47(40)67/h5,8-10,18,26,28-29,32,40H,3-4,6-7,11-17,19-25,27,30H2,1-2H3,(H,54,65,67)(H,51,52,53,55). The highest BCUT2D eigenvalue weighted by molar-refractivity contribution is 7.99. The first-order valence-corrected chi connectivity index (χ1v) is 25.0. The van der Waals surface area contributed by atoms with Crippen molar-refractivity contribution in [2.45, 2.75) is 113 Å². The predicted molar refractivity (Wildman–Crippen MR) is 260 cm³/mol. The van der Waals surface area contributed by atoms with Gasteiger partial charge in [-0.05, 0) is 55.2 Å². The van der Waals surface area contributed by atoms with Crippen LogP contribution in [0.1, 0.15) is 122 Å². The van der Waals surface area contributed by atoms with Crippen LogP contribution in [-0.4, -0.2) is 139 Å². The number of amides is 5. The molecule has 4 aromatic rings. The number of imide groups is 1. The van der Waals surface area contributed by atoms with Crippen LogP contribution < -0.4 is 15.5 Å². The summed E-state index contributed by atoms with van der Waals surface area (Å²) in [6.45, 7) is 2.18. The van der Waals surface area contributed by atoms with E-state index in [1.807, 2.05) is 24.3 Å². The van der Waals surface area contributed by atoms with Gasteiger partial charge in [0.15, 0.2) is 0 Å². The van der Waals surface area contributed by atoms with Gasteiger partial charge in [-0.15, -0.1) is 11.8 Å². The van der Waals surface area contributed by atoms with Gasteiger partial charge in [0.1, 0.15) is 46.3 Å². The summed E-state index contributed by atoms with van der Waals surface area (Å²) in [4.78, 5) is 135. The molecule has 1 aromatic carbocycles. The average Bonchev–Trinajstić information content (AvgIpc) is 4.10. The van der Waals surface area contributed by atoms with Crippen LogP contribution in [0.2, 0.25) is 0 Å². The molecule has 70 heavy (non-hydrogen) atoms. The van der Waals surface area contributed by atoms with Crippen LogP contribution in [0.5, 0.6) is 0 Å². The minimum absolute atomic E-state index is 0.0131. The predicted octanol–water partition coefficient (Wildman–Crippen LogP) is 4.99. The molecule has 5 amide bonds. The van der Waals surface area contributed by atoms with Gasteiger partial charge in [-0.2, -0.15) is 4.98 Å². The molecule has 1 aliphatic carbocycles. The number of hydrogen-bond donors (Lipinski definition) is 2. The summed E-state index contributed by atoms with van der Waals surface area (Å²) < 4.78 is 2.07. The Morgan fingerprint density at radius 2 is 1.49 bits per heavy atom. The van der Waals surface area contributed by atoms with E-state index in [4.69, 9.17) is 4.98 Å². The lowest BCUT2D eigenvalue weighted by Gasteiger charge is -2.36. The van der Waals surface area contributed by atoms with E-state index in [9.17, 15) is 43.2 Å². The van der Waals surface area contributed by atoms with E-state index in [1.165, 1.54) is 16.7 Å². The maximum Gasteiger partial charge on any atom is 0.270 e. The molecule has 6 heterocycles. The molecule has 1 unspecified atom stereocenters. The number of Topliss-reactive ketones (excluding diaryl/α,β-unsaturated/α-hetero) is 4. The van der Waals surface area contributed by atoms with E-state index in [0.29, 0.717) is 60.6 Å². The van der Waals surface area contributed by atoms with Crippen LogP contribution in [-0.2, 0) is 40.1 Å². The first-order valence-electron chi connectivity index (χ1n) is 24.0. The number of benzene rings is 1. The summed E-state index contributed by atoms with van der Waals surface area (Å²) >= 11 is 1.43. The van der Waals surface area contributed by atoms with Crippen LogP contribution in [0.3, 0.4) is 0 Å². The van der Waals surface area contributed by atoms with Crippen molar-refractivity contribution in [1.29, 1.82) is 0 Å². The number of aromatic nitrogens is 4. The van der Waals surface area contributed by atoms with E-state index in [-0.39, 0.29) is 124 Å². The van der Waals surface area contributed by atoms with E-state index in [0.717, 1.165) is 47.2 Å². The number of fused-ring (bicyclic) bond motifs is 2. The smallest absolute Gasteiger partial charge is 0.270 e. The lowest BCUT2D eigenvalue weighted by molar-refractivity contribution is -0.138. The summed E-state index contributed by atoms with van der Waals surface area (Å²) in [6.07, 6.45) is 7.87. The first kappa shape index (κ1) is 49.6. The number of pyridine rings is 1. The third-order valence-electron chi connectivity index (χ3n) is 13.5. The van der Waals surface area contributed by atoms with Crippen molar-refractivity contribution in [1.82, 2.24) is 39.5 Å². The average molecular weight is 975 g/mol. The van der Waals surface area contributed by atoms with Crippen LogP contribution in [0, 0.1) is 0 Å². The number of carbonyl (C=O) groups excluding carboxylic acids is 9. The van der Waals surface area contributed by atoms with Gasteiger partial charge in [-0.25, -0.2) is 9.97 Å². The van der Waals surface area contributed by atoms with Crippen molar-refractivity contribution in [3.05, 3.63) is 65.6 Å². The maximum absolute atomic E-state index is 13.1. The van der Waals surface area contributed by atoms with Gasteiger partial charge in [-0.3, -0.25) is 48.5 Å². The molecule has 1 atom stereocenters. The van der Waals surface area contributed by atoms with Crippen molar-refractivity contribution in [3.8, 4) is 0 Å². The van der Waals surface area contributed by atoms with Crippen LogP contribution >= 0.6 is 11.8 Å². The SMILES string of the molecule is CN(C)C(=O)c1cc2cnc(Nc3ccc(N4CCN(C(=O)CC(=O)CCC(=O)CCC(=O)CCC(=O)CCSc5cccc6c5CN(C5CCC(=O)NC5=O)C6=O)CC4)cn3)nc2n1C1CCCC1. The van der Waals surface area contributed by atoms with E-state index in [2.05, 4.69) is 30.1 Å². The number of anilines is 3. The quantitative estimate of drug-likeness (QED) is 0.0636. The number of thioether (sulfide) groups is 1. The molecule has 0 radical (unpaired) electrons. The largest absolute Gasteiger partial charge is 0.367 e. The highest BCUT2D eigenvalue weighted by Crippen LogP contribution is 2.36. The lowest BCUT2D eigenvalue weighted by atomic mass is 10.0. The number of rotatable bonds is 21.